The quantitative estimate of drug-likeness (QED) is 0.753. The average Bonchev–Trinajstić information content (AvgIpc) is 2.35. The van der Waals surface area contributed by atoms with E-state index in [1.54, 1.807) is 0 Å². The van der Waals surface area contributed by atoms with E-state index in [1.165, 1.54) is 6.07 Å². The molecule has 18 heavy (non-hydrogen) atoms. The fourth-order valence-electron chi connectivity index (χ4n) is 1.86. The Kier molecular flexibility index (Phi) is 3.66. The van der Waals surface area contributed by atoms with Gasteiger partial charge in [0.2, 0.25) is 0 Å². The Morgan fingerprint density at radius 1 is 1.06 bits per heavy atom. The van der Waals surface area contributed by atoms with Crippen LogP contribution in [-0.4, -0.2) is 0 Å². The standard InChI is InChI=1S/C16H17FO/c1-4-13-9-12(3)16(15(17)10-13)18-14-7-5-11(2)6-8-14/h5-10H,4H2,1-3H3. The summed E-state index contributed by atoms with van der Waals surface area (Å²) in [6, 6.07) is 11.1. The van der Waals surface area contributed by atoms with Crippen LogP contribution < -0.4 is 4.74 Å². The number of ether oxygens (including phenoxy) is 1. The molecule has 0 aromatic heterocycles. The second kappa shape index (κ2) is 5.21. The topological polar surface area (TPSA) is 9.23 Å². The maximum Gasteiger partial charge on any atom is 0.166 e. The lowest BCUT2D eigenvalue weighted by Gasteiger charge is -2.11. The molecule has 0 spiro atoms. The third-order valence-corrected chi connectivity index (χ3v) is 2.94. The molecular weight excluding hydrogens is 227 g/mol. The SMILES string of the molecule is CCc1cc(C)c(Oc2ccc(C)cc2)c(F)c1. The fraction of sp³-hybridized carbons (Fsp3) is 0.250. The second-order valence-electron chi connectivity index (χ2n) is 4.49. The molecule has 0 saturated carbocycles. The van der Waals surface area contributed by atoms with Crippen LogP contribution in [0.4, 0.5) is 4.39 Å². The van der Waals surface area contributed by atoms with Crippen molar-refractivity contribution >= 4 is 0 Å². The Morgan fingerprint density at radius 2 is 1.72 bits per heavy atom. The Morgan fingerprint density at radius 3 is 2.28 bits per heavy atom. The highest BCUT2D eigenvalue weighted by atomic mass is 19.1. The van der Waals surface area contributed by atoms with Gasteiger partial charge in [0.15, 0.2) is 11.6 Å². The van der Waals surface area contributed by atoms with Gasteiger partial charge in [-0.2, -0.15) is 0 Å². The van der Waals surface area contributed by atoms with Crippen molar-refractivity contribution in [3.8, 4) is 11.5 Å². The molecule has 0 amide bonds. The van der Waals surface area contributed by atoms with Gasteiger partial charge in [0.05, 0.1) is 0 Å². The zero-order valence-corrected chi connectivity index (χ0v) is 11.0. The molecule has 0 saturated heterocycles. The van der Waals surface area contributed by atoms with Gasteiger partial charge < -0.3 is 4.74 Å². The summed E-state index contributed by atoms with van der Waals surface area (Å²) in [5.74, 6) is 0.676. The highest BCUT2D eigenvalue weighted by molar-refractivity contribution is 5.41. The summed E-state index contributed by atoms with van der Waals surface area (Å²) in [6.45, 7) is 5.88. The van der Waals surface area contributed by atoms with Crippen LogP contribution in [0.1, 0.15) is 23.6 Å². The Labute approximate surface area is 107 Å². The molecule has 0 aliphatic heterocycles. The van der Waals surface area contributed by atoms with Crippen LogP contribution in [0.5, 0.6) is 11.5 Å². The molecule has 0 atom stereocenters. The van der Waals surface area contributed by atoms with E-state index in [9.17, 15) is 4.39 Å². The van der Waals surface area contributed by atoms with Crippen molar-refractivity contribution < 1.29 is 9.13 Å². The largest absolute Gasteiger partial charge is 0.454 e. The lowest BCUT2D eigenvalue weighted by molar-refractivity contribution is 0.438. The van der Waals surface area contributed by atoms with E-state index in [1.807, 2.05) is 51.1 Å². The molecule has 0 heterocycles. The summed E-state index contributed by atoms with van der Waals surface area (Å²) in [4.78, 5) is 0. The molecule has 2 rings (SSSR count). The first-order valence-electron chi connectivity index (χ1n) is 6.13. The first-order chi connectivity index (χ1) is 8.60. The van der Waals surface area contributed by atoms with E-state index in [2.05, 4.69) is 0 Å². The Balaban J connectivity index is 2.31. The Hall–Kier alpha value is -1.83. The zero-order valence-electron chi connectivity index (χ0n) is 11.0. The fourth-order valence-corrected chi connectivity index (χ4v) is 1.86. The molecule has 0 aliphatic rings. The van der Waals surface area contributed by atoms with Crippen molar-refractivity contribution in [3.63, 3.8) is 0 Å². The summed E-state index contributed by atoms with van der Waals surface area (Å²) in [5.41, 5.74) is 2.97. The summed E-state index contributed by atoms with van der Waals surface area (Å²) >= 11 is 0. The van der Waals surface area contributed by atoms with Gasteiger partial charge in [0, 0.05) is 0 Å². The van der Waals surface area contributed by atoms with Gasteiger partial charge in [-0.3, -0.25) is 0 Å². The van der Waals surface area contributed by atoms with Gasteiger partial charge >= 0.3 is 0 Å². The molecule has 0 unspecified atom stereocenters. The predicted octanol–water partition coefficient (Wildman–Crippen LogP) is 4.80. The van der Waals surface area contributed by atoms with Gasteiger partial charge in [-0.1, -0.05) is 30.7 Å². The third kappa shape index (κ3) is 2.70. The lowest BCUT2D eigenvalue weighted by Crippen LogP contribution is -1.94. The van der Waals surface area contributed by atoms with Crippen molar-refractivity contribution in [2.45, 2.75) is 27.2 Å². The molecule has 0 N–H and O–H groups in total. The van der Waals surface area contributed by atoms with Gasteiger partial charge in [0.25, 0.3) is 0 Å². The van der Waals surface area contributed by atoms with Crippen molar-refractivity contribution in [1.29, 1.82) is 0 Å². The number of aryl methyl sites for hydroxylation is 3. The molecule has 2 aromatic carbocycles. The molecule has 2 aromatic rings. The first kappa shape index (κ1) is 12.6. The number of hydrogen-bond acceptors (Lipinski definition) is 1. The molecule has 0 radical (unpaired) electrons. The van der Waals surface area contributed by atoms with Crippen molar-refractivity contribution in [2.75, 3.05) is 0 Å². The number of halogens is 1. The van der Waals surface area contributed by atoms with Gasteiger partial charge in [-0.15, -0.1) is 0 Å². The van der Waals surface area contributed by atoms with E-state index in [4.69, 9.17) is 4.74 Å². The third-order valence-electron chi connectivity index (χ3n) is 2.94. The van der Waals surface area contributed by atoms with Gasteiger partial charge in [-0.25, -0.2) is 4.39 Å². The Bertz CT molecular complexity index is 521. The molecule has 94 valence electrons. The van der Waals surface area contributed by atoms with E-state index in [0.717, 1.165) is 23.1 Å². The van der Waals surface area contributed by atoms with Gasteiger partial charge in [-0.05, 0) is 49.6 Å². The minimum absolute atomic E-state index is 0.299. The van der Waals surface area contributed by atoms with E-state index < -0.39 is 0 Å². The van der Waals surface area contributed by atoms with E-state index in [0.29, 0.717) is 11.5 Å². The normalized spacial score (nSPS) is 10.4. The highest BCUT2D eigenvalue weighted by Crippen LogP contribution is 2.29. The predicted molar refractivity (Wildman–Crippen MR) is 71.8 cm³/mol. The average molecular weight is 244 g/mol. The number of benzene rings is 2. The molecule has 2 heteroatoms. The molecule has 1 nitrogen and oxygen atoms in total. The van der Waals surface area contributed by atoms with Crippen LogP contribution in [0.2, 0.25) is 0 Å². The smallest absolute Gasteiger partial charge is 0.166 e. The monoisotopic (exact) mass is 244 g/mol. The molecule has 0 aliphatic carbocycles. The van der Waals surface area contributed by atoms with Crippen LogP contribution in [0.25, 0.3) is 0 Å². The lowest BCUT2D eigenvalue weighted by atomic mass is 10.1. The first-order valence-corrected chi connectivity index (χ1v) is 6.13. The molecular formula is C16H17FO. The number of rotatable bonds is 3. The van der Waals surface area contributed by atoms with E-state index in [-0.39, 0.29) is 5.82 Å². The number of hydrogen-bond donors (Lipinski definition) is 0. The maximum atomic E-state index is 13.9. The van der Waals surface area contributed by atoms with Crippen molar-refractivity contribution in [2.24, 2.45) is 0 Å². The van der Waals surface area contributed by atoms with Crippen LogP contribution in [0.15, 0.2) is 36.4 Å². The van der Waals surface area contributed by atoms with Crippen LogP contribution in [0.3, 0.4) is 0 Å². The van der Waals surface area contributed by atoms with Crippen LogP contribution in [-0.2, 0) is 6.42 Å². The minimum Gasteiger partial charge on any atom is -0.454 e. The zero-order chi connectivity index (χ0) is 13.1. The van der Waals surface area contributed by atoms with E-state index >= 15 is 0 Å². The molecule has 0 fully saturated rings. The highest BCUT2D eigenvalue weighted by Gasteiger charge is 2.10. The maximum absolute atomic E-state index is 13.9. The summed E-state index contributed by atoms with van der Waals surface area (Å²) in [7, 11) is 0. The minimum atomic E-state index is -0.299. The van der Waals surface area contributed by atoms with Crippen LogP contribution in [0, 0.1) is 19.7 Å². The second-order valence-corrected chi connectivity index (χ2v) is 4.49. The van der Waals surface area contributed by atoms with Gasteiger partial charge in [0.1, 0.15) is 5.75 Å². The van der Waals surface area contributed by atoms with Crippen LogP contribution >= 0.6 is 0 Å². The van der Waals surface area contributed by atoms with Crippen molar-refractivity contribution in [3.05, 3.63) is 58.9 Å². The molecule has 0 bridgehead atoms. The van der Waals surface area contributed by atoms with Crippen molar-refractivity contribution in [1.82, 2.24) is 0 Å². The summed E-state index contributed by atoms with van der Waals surface area (Å²) in [6.07, 6.45) is 0.822. The summed E-state index contributed by atoms with van der Waals surface area (Å²) < 4.78 is 19.6. The summed E-state index contributed by atoms with van der Waals surface area (Å²) in [5, 5.41) is 0.